The summed E-state index contributed by atoms with van der Waals surface area (Å²) in [5.74, 6) is 1.53. The number of para-hydroxylation sites is 1. The molecule has 1 amide bonds. The molecule has 3 aliphatic rings. The van der Waals surface area contributed by atoms with Crippen LogP contribution in [0.15, 0.2) is 29.4 Å². The first-order chi connectivity index (χ1) is 11.6. The van der Waals surface area contributed by atoms with Crippen molar-refractivity contribution in [3.63, 3.8) is 0 Å². The summed E-state index contributed by atoms with van der Waals surface area (Å²) < 4.78 is 0. The highest BCUT2D eigenvalue weighted by Crippen LogP contribution is 2.37. The van der Waals surface area contributed by atoms with E-state index >= 15 is 0 Å². The van der Waals surface area contributed by atoms with Crippen molar-refractivity contribution in [2.75, 3.05) is 24.6 Å². The number of fused-ring (bicyclic) bond motifs is 1. The van der Waals surface area contributed by atoms with E-state index in [2.05, 4.69) is 15.5 Å². The maximum absolute atomic E-state index is 12.6. The third kappa shape index (κ3) is 2.91. The average molecular weight is 347 g/mol. The Bertz CT molecular complexity index is 665. The Kier molecular flexibility index (Phi) is 4.22. The first-order valence-corrected chi connectivity index (χ1v) is 9.16. The lowest BCUT2D eigenvalue weighted by Gasteiger charge is -2.18. The van der Waals surface area contributed by atoms with Gasteiger partial charge in [-0.25, -0.2) is 5.01 Å². The summed E-state index contributed by atoms with van der Waals surface area (Å²) in [6.45, 7) is 4.67. The van der Waals surface area contributed by atoms with Crippen molar-refractivity contribution in [1.29, 1.82) is 0 Å². The largest absolute Gasteiger partial charge is 0.284 e. The van der Waals surface area contributed by atoms with Gasteiger partial charge in [0, 0.05) is 19.0 Å². The first kappa shape index (κ1) is 15.9. The minimum Gasteiger partial charge on any atom is -0.284 e. The molecule has 1 aromatic rings. The van der Waals surface area contributed by atoms with Gasteiger partial charge in [-0.15, -0.1) is 0 Å². The van der Waals surface area contributed by atoms with Crippen LogP contribution in [0, 0.1) is 17.8 Å². The van der Waals surface area contributed by atoms with Crippen molar-refractivity contribution < 1.29 is 4.79 Å². The normalized spacial score (nSPS) is 29.7. The summed E-state index contributed by atoms with van der Waals surface area (Å²) in [6.07, 6.45) is 3.94. The van der Waals surface area contributed by atoms with Crippen molar-refractivity contribution in [3.8, 4) is 0 Å². The Morgan fingerprint density at radius 2 is 1.92 bits per heavy atom. The molecule has 0 spiro atoms. The number of rotatable bonds is 3. The van der Waals surface area contributed by atoms with Crippen molar-refractivity contribution in [3.05, 3.63) is 29.3 Å². The van der Waals surface area contributed by atoms with Crippen LogP contribution in [-0.2, 0) is 4.79 Å². The van der Waals surface area contributed by atoms with E-state index < -0.39 is 0 Å². The zero-order valence-electron chi connectivity index (χ0n) is 13.9. The molecule has 0 bridgehead atoms. The summed E-state index contributed by atoms with van der Waals surface area (Å²) in [5, 5.41) is 9.12. The maximum atomic E-state index is 12.6. The summed E-state index contributed by atoms with van der Waals surface area (Å²) in [4.78, 5) is 12.6. The third-order valence-corrected chi connectivity index (χ3v) is 5.81. The Hall–Kier alpha value is -1.59. The number of amides is 1. The van der Waals surface area contributed by atoms with Crippen LogP contribution in [0.1, 0.15) is 26.2 Å². The summed E-state index contributed by atoms with van der Waals surface area (Å²) in [7, 11) is 0. The van der Waals surface area contributed by atoms with Crippen LogP contribution in [0.2, 0.25) is 5.02 Å². The van der Waals surface area contributed by atoms with Gasteiger partial charge in [-0.05, 0) is 36.8 Å². The molecule has 0 aromatic heterocycles. The molecule has 1 saturated carbocycles. The molecular weight excluding hydrogens is 324 g/mol. The molecule has 2 fully saturated rings. The number of nitrogens with one attached hydrogen (secondary N) is 1. The molecule has 2 aliphatic heterocycles. The van der Waals surface area contributed by atoms with Crippen molar-refractivity contribution in [2.24, 2.45) is 22.9 Å². The maximum Gasteiger partial charge on any atom is 0.282 e. The number of anilines is 1. The van der Waals surface area contributed by atoms with Crippen molar-refractivity contribution in [1.82, 2.24) is 10.4 Å². The van der Waals surface area contributed by atoms with E-state index in [0.29, 0.717) is 17.3 Å². The van der Waals surface area contributed by atoms with Gasteiger partial charge in [0.25, 0.3) is 5.91 Å². The predicted octanol–water partition coefficient (Wildman–Crippen LogP) is 2.92. The Morgan fingerprint density at radius 3 is 2.62 bits per heavy atom. The van der Waals surface area contributed by atoms with Crippen LogP contribution in [-0.4, -0.2) is 36.3 Å². The number of carbonyl (C=O) groups is 1. The van der Waals surface area contributed by atoms with Crippen molar-refractivity contribution >= 4 is 28.9 Å². The molecule has 128 valence electrons. The monoisotopic (exact) mass is 346 g/mol. The molecule has 1 aromatic carbocycles. The smallest absolute Gasteiger partial charge is 0.282 e. The molecule has 0 radical (unpaired) electrons. The Labute approximate surface area is 147 Å². The highest BCUT2D eigenvalue weighted by atomic mass is 35.5. The Balaban J connectivity index is 1.44. The summed E-state index contributed by atoms with van der Waals surface area (Å²) in [5.41, 5.74) is 4.51. The van der Waals surface area contributed by atoms with E-state index in [1.165, 1.54) is 19.3 Å². The number of hydrogen-bond donors (Lipinski definition) is 1. The predicted molar refractivity (Wildman–Crippen MR) is 95.9 cm³/mol. The lowest BCUT2D eigenvalue weighted by atomic mass is 10.0. The molecule has 1 saturated heterocycles. The van der Waals surface area contributed by atoms with Gasteiger partial charge in [0.05, 0.1) is 17.3 Å². The zero-order chi connectivity index (χ0) is 16.7. The lowest BCUT2D eigenvalue weighted by molar-refractivity contribution is -0.119. The number of benzene rings is 1. The standard InChI is InChI=1S/C18H23ClN4O/c1-12-9-23(16-8-3-2-7-15(16)19)20-17(12)18(24)21-22-10-13-5-4-6-14(13)11-22/h2-3,7-8,12-14H,4-6,9-11H2,1H3,(H,21,24). The molecule has 3 atom stereocenters. The van der Waals surface area contributed by atoms with Gasteiger partial charge >= 0.3 is 0 Å². The van der Waals surface area contributed by atoms with Gasteiger partial charge in [0.1, 0.15) is 5.71 Å². The fraction of sp³-hybridized carbons (Fsp3) is 0.556. The highest BCUT2D eigenvalue weighted by Gasteiger charge is 2.38. The highest BCUT2D eigenvalue weighted by molar-refractivity contribution is 6.40. The van der Waals surface area contributed by atoms with E-state index in [0.717, 1.165) is 30.6 Å². The molecular formula is C18H23ClN4O. The minimum atomic E-state index is -0.0722. The molecule has 3 unspecified atom stereocenters. The van der Waals surface area contributed by atoms with Crippen LogP contribution in [0.3, 0.4) is 0 Å². The molecule has 6 heteroatoms. The van der Waals surface area contributed by atoms with E-state index in [1.54, 1.807) is 0 Å². The van der Waals surface area contributed by atoms with E-state index in [1.807, 2.05) is 36.2 Å². The molecule has 1 N–H and O–H groups in total. The van der Waals surface area contributed by atoms with Gasteiger partial charge in [0.2, 0.25) is 0 Å². The van der Waals surface area contributed by atoms with Crippen molar-refractivity contribution in [2.45, 2.75) is 26.2 Å². The zero-order valence-corrected chi connectivity index (χ0v) is 14.7. The molecule has 24 heavy (non-hydrogen) atoms. The second-order valence-electron chi connectivity index (χ2n) is 7.22. The van der Waals surface area contributed by atoms with Gasteiger partial charge in [0.15, 0.2) is 0 Å². The topological polar surface area (TPSA) is 47.9 Å². The van der Waals surface area contributed by atoms with Gasteiger partial charge < -0.3 is 0 Å². The molecule has 1 aliphatic carbocycles. The van der Waals surface area contributed by atoms with E-state index in [-0.39, 0.29) is 11.8 Å². The third-order valence-electron chi connectivity index (χ3n) is 5.49. The molecule has 5 nitrogen and oxygen atoms in total. The fourth-order valence-corrected chi connectivity index (χ4v) is 4.46. The summed E-state index contributed by atoms with van der Waals surface area (Å²) in [6, 6.07) is 7.61. The second kappa shape index (κ2) is 6.37. The lowest BCUT2D eigenvalue weighted by Crippen LogP contribution is -2.45. The van der Waals surface area contributed by atoms with Crippen LogP contribution < -0.4 is 10.4 Å². The molecule has 4 rings (SSSR count). The number of hydrogen-bond acceptors (Lipinski definition) is 4. The van der Waals surface area contributed by atoms with Crippen LogP contribution in [0.25, 0.3) is 0 Å². The van der Waals surface area contributed by atoms with Gasteiger partial charge in [-0.2, -0.15) is 5.10 Å². The minimum absolute atomic E-state index is 0.0722. The van der Waals surface area contributed by atoms with Crippen LogP contribution >= 0.6 is 11.6 Å². The van der Waals surface area contributed by atoms with E-state index in [9.17, 15) is 4.79 Å². The second-order valence-corrected chi connectivity index (χ2v) is 7.62. The number of carbonyl (C=O) groups excluding carboxylic acids is 1. The number of hydrazone groups is 1. The average Bonchev–Trinajstić information content (AvgIpc) is 3.22. The van der Waals surface area contributed by atoms with Crippen LogP contribution in [0.5, 0.6) is 0 Å². The van der Waals surface area contributed by atoms with E-state index in [4.69, 9.17) is 11.6 Å². The summed E-state index contributed by atoms with van der Waals surface area (Å²) >= 11 is 6.25. The fourth-order valence-electron chi connectivity index (χ4n) is 4.22. The number of nitrogens with zero attached hydrogens (tertiary/aromatic N) is 3. The SMILES string of the molecule is CC1CN(c2ccccc2Cl)N=C1C(=O)NN1CC2CCCC2C1. The molecule has 2 heterocycles. The van der Waals surface area contributed by atoms with Gasteiger partial charge in [-0.1, -0.05) is 37.1 Å². The first-order valence-electron chi connectivity index (χ1n) is 8.78. The van der Waals surface area contributed by atoms with Crippen LogP contribution in [0.4, 0.5) is 5.69 Å². The Morgan fingerprint density at radius 1 is 1.21 bits per heavy atom. The number of hydrazine groups is 1. The quantitative estimate of drug-likeness (QED) is 0.915. The number of halogens is 1. The van der Waals surface area contributed by atoms with Gasteiger partial charge in [-0.3, -0.25) is 15.2 Å².